The SMILES string of the molecule is CCC(O)CNC(=O)c1cn(C)cn1. The van der Waals surface area contributed by atoms with E-state index in [0.717, 1.165) is 0 Å². The summed E-state index contributed by atoms with van der Waals surface area (Å²) < 4.78 is 1.70. The van der Waals surface area contributed by atoms with E-state index in [2.05, 4.69) is 10.3 Å². The van der Waals surface area contributed by atoms with Crippen LogP contribution in [0.3, 0.4) is 0 Å². The average Bonchev–Trinajstić information content (AvgIpc) is 2.60. The zero-order valence-electron chi connectivity index (χ0n) is 8.40. The smallest absolute Gasteiger partial charge is 0.271 e. The Morgan fingerprint density at radius 2 is 2.50 bits per heavy atom. The van der Waals surface area contributed by atoms with Crippen molar-refractivity contribution < 1.29 is 9.90 Å². The van der Waals surface area contributed by atoms with Gasteiger partial charge in [0.15, 0.2) is 0 Å². The van der Waals surface area contributed by atoms with Crippen LogP contribution in [0.15, 0.2) is 12.5 Å². The summed E-state index contributed by atoms with van der Waals surface area (Å²) in [6.07, 6.45) is 3.34. The summed E-state index contributed by atoms with van der Waals surface area (Å²) in [5, 5.41) is 11.8. The molecule has 14 heavy (non-hydrogen) atoms. The molecule has 1 unspecified atom stereocenters. The minimum atomic E-state index is -0.484. The van der Waals surface area contributed by atoms with Crippen molar-refractivity contribution in [2.24, 2.45) is 7.05 Å². The van der Waals surface area contributed by atoms with Crippen molar-refractivity contribution in [3.05, 3.63) is 18.2 Å². The van der Waals surface area contributed by atoms with Crippen LogP contribution in [-0.2, 0) is 7.05 Å². The Balaban J connectivity index is 2.43. The van der Waals surface area contributed by atoms with E-state index < -0.39 is 6.10 Å². The highest BCUT2D eigenvalue weighted by molar-refractivity contribution is 5.91. The fourth-order valence-corrected chi connectivity index (χ4v) is 0.975. The van der Waals surface area contributed by atoms with E-state index >= 15 is 0 Å². The standard InChI is InChI=1S/C9H15N3O2/c1-3-7(13)4-10-9(14)8-5-12(2)6-11-8/h5-7,13H,3-4H2,1-2H3,(H,10,14). The number of carbonyl (C=O) groups is 1. The van der Waals surface area contributed by atoms with Crippen LogP contribution in [0, 0.1) is 0 Å². The van der Waals surface area contributed by atoms with Crippen molar-refractivity contribution in [3.8, 4) is 0 Å². The molecular formula is C9H15N3O2. The molecule has 0 aliphatic heterocycles. The Bertz CT molecular complexity index is 309. The average molecular weight is 197 g/mol. The monoisotopic (exact) mass is 197 g/mol. The Hall–Kier alpha value is -1.36. The van der Waals surface area contributed by atoms with Gasteiger partial charge in [-0.15, -0.1) is 0 Å². The third-order valence-electron chi connectivity index (χ3n) is 1.91. The molecule has 1 amide bonds. The predicted octanol–water partition coefficient (Wildman–Crippen LogP) is -0.0792. The molecular weight excluding hydrogens is 182 g/mol. The number of hydrogen-bond donors (Lipinski definition) is 2. The minimum Gasteiger partial charge on any atom is -0.391 e. The zero-order valence-corrected chi connectivity index (χ0v) is 8.40. The number of aliphatic hydroxyl groups excluding tert-OH is 1. The van der Waals surface area contributed by atoms with E-state index in [1.165, 1.54) is 0 Å². The molecule has 0 saturated carbocycles. The van der Waals surface area contributed by atoms with Crippen molar-refractivity contribution in [3.63, 3.8) is 0 Å². The molecule has 0 radical (unpaired) electrons. The maximum Gasteiger partial charge on any atom is 0.271 e. The van der Waals surface area contributed by atoms with Crippen LogP contribution in [-0.4, -0.2) is 33.2 Å². The van der Waals surface area contributed by atoms with Crippen molar-refractivity contribution in [1.29, 1.82) is 0 Å². The Morgan fingerprint density at radius 1 is 1.79 bits per heavy atom. The Morgan fingerprint density at radius 3 is 3.00 bits per heavy atom. The number of nitrogens with zero attached hydrogens (tertiary/aromatic N) is 2. The van der Waals surface area contributed by atoms with Gasteiger partial charge in [0.25, 0.3) is 5.91 Å². The molecule has 1 rings (SSSR count). The molecule has 0 fully saturated rings. The molecule has 78 valence electrons. The lowest BCUT2D eigenvalue weighted by molar-refractivity contribution is 0.0909. The van der Waals surface area contributed by atoms with Gasteiger partial charge in [-0.25, -0.2) is 4.98 Å². The first-order chi connectivity index (χ1) is 6.63. The van der Waals surface area contributed by atoms with E-state index in [0.29, 0.717) is 12.1 Å². The Kier molecular flexibility index (Phi) is 3.64. The van der Waals surface area contributed by atoms with E-state index in [1.807, 2.05) is 6.92 Å². The van der Waals surface area contributed by atoms with Gasteiger partial charge in [-0.2, -0.15) is 0 Å². The number of aromatic nitrogens is 2. The number of amides is 1. The van der Waals surface area contributed by atoms with Crippen molar-refractivity contribution in [2.45, 2.75) is 19.4 Å². The molecule has 0 aliphatic carbocycles. The molecule has 0 aromatic carbocycles. The number of rotatable bonds is 4. The molecule has 1 atom stereocenters. The molecule has 2 N–H and O–H groups in total. The maximum atomic E-state index is 11.4. The number of aryl methyl sites for hydroxylation is 1. The number of hydrogen-bond acceptors (Lipinski definition) is 3. The van der Waals surface area contributed by atoms with Crippen LogP contribution in [0.25, 0.3) is 0 Å². The molecule has 1 heterocycles. The maximum absolute atomic E-state index is 11.4. The van der Waals surface area contributed by atoms with Gasteiger partial charge in [0.2, 0.25) is 0 Å². The van der Waals surface area contributed by atoms with Crippen LogP contribution in [0.2, 0.25) is 0 Å². The molecule has 0 bridgehead atoms. The van der Waals surface area contributed by atoms with Gasteiger partial charge in [-0.3, -0.25) is 4.79 Å². The molecule has 5 heteroatoms. The lowest BCUT2D eigenvalue weighted by Crippen LogP contribution is -2.31. The first-order valence-electron chi connectivity index (χ1n) is 4.57. The largest absolute Gasteiger partial charge is 0.391 e. The number of imidazole rings is 1. The predicted molar refractivity (Wildman–Crippen MR) is 51.8 cm³/mol. The van der Waals surface area contributed by atoms with Crippen LogP contribution in [0.5, 0.6) is 0 Å². The summed E-state index contributed by atoms with van der Waals surface area (Å²) in [6.45, 7) is 2.13. The van der Waals surface area contributed by atoms with Gasteiger partial charge in [0.05, 0.1) is 12.4 Å². The third kappa shape index (κ3) is 2.85. The van der Waals surface area contributed by atoms with Crippen molar-refractivity contribution in [2.75, 3.05) is 6.54 Å². The number of nitrogens with one attached hydrogen (secondary N) is 1. The van der Waals surface area contributed by atoms with E-state index in [4.69, 9.17) is 0 Å². The topological polar surface area (TPSA) is 67.2 Å². The molecule has 5 nitrogen and oxygen atoms in total. The quantitative estimate of drug-likeness (QED) is 0.709. The summed E-state index contributed by atoms with van der Waals surface area (Å²) in [6, 6.07) is 0. The summed E-state index contributed by atoms with van der Waals surface area (Å²) in [5.41, 5.74) is 0.371. The first kappa shape index (κ1) is 10.7. The van der Waals surface area contributed by atoms with Crippen molar-refractivity contribution in [1.82, 2.24) is 14.9 Å². The molecule has 0 saturated heterocycles. The third-order valence-corrected chi connectivity index (χ3v) is 1.91. The second-order valence-corrected chi connectivity index (χ2v) is 3.20. The number of carbonyl (C=O) groups excluding carboxylic acids is 1. The zero-order chi connectivity index (χ0) is 10.6. The van der Waals surface area contributed by atoms with Gasteiger partial charge in [0.1, 0.15) is 5.69 Å². The Labute approximate surface area is 82.8 Å². The lowest BCUT2D eigenvalue weighted by atomic mass is 10.3. The molecule has 1 aromatic rings. The summed E-state index contributed by atoms with van der Waals surface area (Å²) in [4.78, 5) is 15.3. The second kappa shape index (κ2) is 4.76. The van der Waals surface area contributed by atoms with E-state index in [9.17, 15) is 9.90 Å². The lowest BCUT2D eigenvalue weighted by Gasteiger charge is -2.07. The highest BCUT2D eigenvalue weighted by Gasteiger charge is 2.09. The van der Waals surface area contributed by atoms with Crippen LogP contribution in [0.4, 0.5) is 0 Å². The van der Waals surface area contributed by atoms with Gasteiger partial charge >= 0.3 is 0 Å². The molecule has 1 aromatic heterocycles. The fraction of sp³-hybridized carbons (Fsp3) is 0.556. The molecule has 0 aliphatic rings. The van der Waals surface area contributed by atoms with E-state index in [-0.39, 0.29) is 12.5 Å². The summed E-state index contributed by atoms with van der Waals surface area (Å²) >= 11 is 0. The van der Waals surface area contributed by atoms with Gasteiger partial charge in [-0.05, 0) is 6.42 Å². The second-order valence-electron chi connectivity index (χ2n) is 3.20. The summed E-state index contributed by atoms with van der Waals surface area (Å²) in [5.74, 6) is -0.252. The number of aliphatic hydroxyl groups is 1. The first-order valence-corrected chi connectivity index (χ1v) is 4.57. The fourth-order valence-electron chi connectivity index (χ4n) is 0.975. The highest BCUT2D eigenvalue weighted by Crippen LogP contribution is 1.94. The van der Waals surface area contributed by atoms with Gasteiger partial charge < -0.3 is 15.0 Å². The van der Waals surface area contributed by atoms with Crippen LogP contribution in [0.1, 0.15) is 23.8 Å². The van der Waals surface area contributed by atoms with E-state index in [1.54, 1.807) is 24.1 Å². The highest BCUT2D eigenvalue weighted by atomic mass is 16.3. The van der Waals surface area contributed by atoms with Crippen LogP contribution < -0.4 is 5.32 Å². The summed E-state index contributed by atoms with van der Waals surface area (Å²) in [7, 11) is 1.80. The van der Waals surface area contributed by atoms with Crippen molar-refractivity contribution >= 4 is 5.91 Å². The van der Waals surface area contributed by atoms with Crippen LogP contribution >= 0.6 is 0 Å². The minimum absolute atomic E-state index is 0.252. The molecule has 0 spiro atoms. The van der Waals surface area contributed by atoms with Gasteiger partial charge in [-0.1, -0.05) is 6.92 Å². The normalized spacial score (nSPS) is 12.5. The van der Waals surface area contributed by atoms with Gasteiger partial charge in [0, 0.05) is 19.8 Å².